The Labute approximate surface area is 178 Å². The van der Waals surface area contributed by atoms with Gasteiger partial charge in [-0.15, -0.1) is 0 Å². The first-order chi connectivity index (χ1) is 14.9. The third-order valence-electron chi connectivity index (χ3n) is 4.05. The molecule has 0 spiro atoms. The average molecular weight is 441 g/mol. The Bertz CT molecular complexity index is 1140. The fourth-order valence-corrected chi connectivity index (χ4v) is 3.44. The first-order valence-corrected chi connectivity index (χ1v) is 10.7. The van der Waals surface area contributed by atoms with Gasteiger partial charge >= 0.3 is 5.97 Å². The number of benzene rings is 1. The van der Waals surface area contributed by atoms with Crippen LogP contribution in [0.4, 0.5) is 11.6 Å². The molecule has 31 heavy (non-hydrogen) atoms. The van der Waals surface area contributed by atoms with Crippen molar-refractivity contribution >= 4 is 33.5 Å². The molecule has 160 valence electrons. The van der Waals surface area contributed by atoms with Crippen molar-refractivity contribution < 1.29 is 22.7 Å². The number of nitrogens with zero attached hydrogens (tertiary/aromatic N) is 3. The number of hydrogen-bond acceptors (Lipinski definition) is 8. The summed E-state index contributed by atoms with van der Waals surface area (Å²) in [5.41, 5.74) is 0.629. The van der Waals surface area contributed by atoms with Gasteiger partial charge in [0.25, 0.3) is 15.9 Å². The van der Waals surface area contributed by atoms with Crippen LogP contribution in [0.25, 0.3) is 0 Å². The monoisotopic (exact) mass is 441 g/mol. The number of carbonyl (C=O) groups excluding carboxylic acids is 2. The van der Waals surface area contributed by atoms with Crippen LogP contribution in [0, 0.1) is 0 Å². The van der Waals surface area contributed by atoms with E-state index in [4.69, 9.17) is 4.74 Å². The molecule has 0 fully saturated rings. The molecule has 0 aliphatic carbocycles. The van der Waals surface area contributed by atoms with E-state index in [-0.39, 0.29) is 22.8 Å². The van der Waals surface area contributed by atoms with E-state index in [2.05, 4.69) is 25.0 Å². The molecule has 3 rings (SSSR count). The molecule has 0 bridgehead atoms. The van der Waals surface area contributed by atoms with Gasteiger partial charge in [-0.3, -0.25) is 9.78 Å². The summed E-state index contributed by atoms with van der Waals surface area (Å²) < 4.78 is 32.3. The number of carbonyl (C=O) groups is 2. The largest absolute Gasteiger partial charge is 0.449 e. The lowest BCUT2D eigenvalue weighted by atomic mass is 10.2. The van der Waals surface area contributed by atoms with Gasteiger partial charge in [-0.1, -0.05) is 6.92 Å². The van der Waals surface area contributed by atoms with Crippen LogP contribution in [-0.4, -0.2) is 41.4 Å². The van der Waals surface area contributed by atoms with Crippen LogP contribution in [0.5, 0.6) is 0 Å². The van der Waals surface area contributed by atoms with Gasteiger partial charge in [-0.05, 0) is 48.9 Å². The Morgan fingerprint density at radius 1 is 1.00 bits per heavy atom. The SMILES string of the molecule is CCC(OC(=O)c1ccncc1)C(=O)Nc1ccc(S(=O)(=O)Nc2ncccn2)cc1. The van der Waals surface area contributed by atoms with Gasteiger partial charge in [-0.25, -0.2) is 27.9 Å². The van der Waals surface area contributed by atoms with E-state index in [0.717, 1.165) is 0 Å². The average Bonchev–Trinajstić information content (AvgIpc) is 2.78. The van der Waals surface area contributed by atoms with Gasteiger partial charge in [0, 0.05) is 30.5 Å². The molecule has 11 heteroatoms. The summed E-state index contributed by atoms with van der Waals surface area (Å²) in [7, 11) is -3.89. The van der Waals surface area contributed by atoms with Crippen LogP contribution in [0.15, 0.2) is 72.1 Å². The van der Waals surface area contributed by atoms with Crippen molar-refractivity contribution in [2.75, 3.05) is 10.0 Å². The Morgan fingerprint density at radius 2 is 1.65 bits per heavy atom. The van der Waals surface area contributed by atoms with Crippen molar-refractivity contribution in [3.63, 3.8) is 0 Å². The second-order valence-corrected chi connectivity index (χ2v) is 7.91. The summed E-state index contributed by atoms with van der Waals surface area (Å²) in [5.74, 6) is -1.22. The Morgan fingerprint density at radius 3 is 2.26 bits per heavy atom. The third kappa shape index (κ3) is 5.82. The van der Waals surface area contributed by atoms with Crippen LogP contribution in [0.3, 0.4) is 0 Å². The van der Waals surface area contributed by atoms with Gasteiger partial charge in [0.15, 0.2) is 6.10 Å². The van der Waals surface area contributed by atoms with E-state index in [1.165, 1.54) is 61.2 Å². The molecular weight excluding hydrogens is 422 g/mol. The minimum Gasteiger partial charge on any atom is -0.449 e. The zero-order valence-corrected chi connectivity index (χ0v) is 17.2. The highest BCUT2D eigenvalue weighted by Crippen LogP contribution is 2.17. The fraction of sp³-hybridized carbons (Fsp3) is 0.150. The van der Waals surface area contributed by atoms with Crippen molar-refractivity contribution in [1.29, 1.82) is 0 Å². The molecule has 1 amide bonds. The highest BCUT2D eigenvalue weighted by atomic mass is 32.2. The highest BCUT2D eigenvalue weighted by molar-refractivity contribution is 7.92. The molecule has 2 N–H and O–H groups in total. The summed E-state index contributed by atoms with van der Waals surface area (Å²) in [4.78, 5) is 36.1. The van der Waals surface area contributed by atoms with Gasteiger partial charge in [0.05, 0.1) is 10.5 Å². The van der Waals surface area contributed by atoms with Gasteiger partial charge in [0.1, 0.15) is 0 Å². The number of pyridine rings is 1. The van der Waals surface area contributed by atoms with Crippen LogP contribution < -0.4 is 10.0 Å². The minimum absolute atomic E-state index is 0.0332. The quantitative estimate of drug-likeness (QED) is 0.507. The summed E-state index contributed by atoms with van der Waals surface area (Å²) in [6.07, 6.45) is 4.97. The summed E-state index contributed by atoms with van der Waals surface area (Å²) >= 11 is 0. The molecule has 1 unspecified atom stereocenters. The van der Waals surface area contributed by atoms with Crippen molar-refractivity contribution in [1.82, 2.24) is 15.0 Å². The topological polar surface area (TPSA) is 140 Å². The molecule has 1 atom stereocenters. The minimum atomic E-state index is -3.89. The Kier molecular flexibility index (Phi) is 6.88. The molecule has 0 radical (unpaired) electrons. The molecule has 0 aliphatic rings. The fourth-order valence-electron chi connectivity index (χ4n) is 2.48. The molecule has 2 heterocycles. The van der Waals surface area contributed by atoms with E-state index >= 15 is 0 Å². The zero-order valence-electron chi connectivity index (χ0n) is 16.4. The van der Waals surface area contributed by atoms with Crippen LogP contribution in [0.1, 0.15) is 23.7 Å². The Hall–Kier alpha value is -3.86. The number of ether oxygens (including phenoxy) is 1. The second kappa shape index (κ2) is 9.76. The number of aromatic nitrogens is 3. The molecule has 0 saturated heterocycles. The summed E-state index contributed by atoms with van der Waals surface area (Å²) in [6, 6.07) is 10.0. The first-order valence-electron chi connectivity index (χ1n) is 9.21. The van der Waals surface area contributed by atoms with Gasteiger partial charge in [-0.2, -0.15) is 0 Å². The Balaban J connectivity index is 1.64. The van der Waals surface area contributed by atoms with Crippen molar-refractivity contribution in [3.05, 3.63) is 72.8 Å². The number of esters is 1. The number of sulfonamides is 1. The lowest BCUT2D eigenvalue weighted by Gasteiger charge is -2.16. The maximum Gasteiger partial charge on any atom is 0.339 e. The van der Waals surface area contributed by atoms with E-state index in [1.54, 1.807) is 13.0 Å². The molecular formula is C20H19N5O5S. The predicted octanol–water partition coefficient (Wildman–Crippen LogP) is 2.25. The maximum absolute atomic E-state index is 12.5. The number of hydrogen-bond donors (Lipinski definition) is 2. The lowest BCUT2D eigenvalue weighted by Crippen LogP contribution is -2.32. The van der Waals surface area contributed by atoms with E-state index in [0.29, 0.717) is 5.69 Å². The van der Waals surface area contributed by atoms with Crippen LogP contribution in [-0.2, 0) is 19.6 Å². The number of anilines is 2. The van der Waals surface area contributed by atoms with E-state index < -0.39 is 28.0 Å². The van der Waals surface area contributed by atoms with Crippen molar-refractivity contribution in [3.8, 4) is 0 Å². The molecule has 2 aromatic heterocycles. The van der Waals surface area contributed by atoms with Crippen molar-refractivity contribution in [2.24, 2.45) is 0 Å². The second-order valence-electron chi connectivity index (χ2n) is 6.23. The van der Waals surface area contributed by atoms with Crippen LogP contribution >= 0.6 is 0 Å². The normalized spacial score (nSPS) is 11.9. The molecule has 0 saturated carbocycles. The van der Waals surface area contributed by atoms with Gasteiger partial charge < -0.3 is 10.1 Å². The maximum atomic E-state index is 12.5. The predicted molar refractivity (Wildman–Crippen MR) is 112 cm³/mol. The summed E-state index contributed by atoms with van der Waals surface area (Å²) in [5, 5.41) is 2.61. The van der Waals surface area contributed by atoms with E-state index in [9.17, 15) is 18.0 Å². The molecule has 1 aromatic carbocycles. The standard InChI is InChI=1S/C20H19N5O5S/c1-2-17(30-19(27)14-8-12-21-13-9-14)18(26)24-15-4-6-16(7-5-15)31(28,29)25-20-22-10-3-11-23-20/h3-13,17H,2H2,1H3,(H,24,26)(H,22,23,25). The third-order valence-corrected chi connectivity index (χ3v) is 5.40. The number of rotatable bonds is 8. The zero-order chi connectivity index (χ0) is 22.3. The molecule has 3 aromatic rings. The van der Waals surface area contributed by atoms with Gasteiger partial charge in [0.2, 0.25) is 5.95 Å². The molecule has 0 aliphatic heterocycles. The first kappa shape index (κ1) is 21.8. The number of amides is 1. The van der Waals surface area contributed by atoms with Crippen molar-refractivity contribution in [2.45, 2.75) is 24.3 Å². The number of nitrogens with one attached hydrogen (secondary N) is 2. The van der Waals surface area contributed by atoms with E-state index in [1.807, 2.05) is 0 Å². The summed E-state index contributed by atoms with van der Waals surface area (Å²) in [6.45, 7) is 1.71. The van der Waals surface area contributed by atoms with Crippen LogP contribution in [0.2, 0.25) is 0 Å². The highest BCUT2D eigenvalue weighted by Gasteiger charge is 2.22. The smallest absolute Gasteiger partial charge is 0.339 e. The molecule has 10 nitrogen and oxygen atoms in total. The lowest BCUT2D eigenvalue weighted by molar-refractivity contribution is -0.124.